The fourth-order valence-corrected chi connectivity index (χ4v) is 3.56. The molecule has 1 amide bonds. The number of piperidine rings is 1. The molecule has 0 atom stereocenters. The van der Waals surface area contributed by atoms with Gasteiger partial charge in [-0.3, -0.25) is 4.79 Å². The Hall–Kier alpha value is -1.30. The number of nitrogens with zero attached hydrogens (tertiary/aromatic N) is 3. The van der Waals surface area contributed by atoms with Crippen LogP contribution in [0.25, 0.3) is 0 Å². The monoisotopic (exact) mass is 337 g/mol. The van der Waals surface area contributed by atoms with Gasteiger partial charge in [-0.1, -0.05) is 19.8 Å². The van der Waals surface area contributed by atoms with E-state index in [-0.39, 0.29) is 12.5 Å². The Kier molecular flexibility index (Phi) is 7.82. The standard InChI is InChI=1S/C18H35N5O/c1-4-11-19-18(20-14-17(24)22(2)3)21-15-9-12-23(13-10-15)16-7-5-6-8-16/h15-16H,4-14H2,1-3H3,(H2,19,20,21). The van der Waals surface area contributed by atoms with Crippen LogP contribution in [0.15, 0.2) is 4.99 Å². The summed E-state index contributed by atoms with van der Waals surface area (Å²) in [7, 11) is 3.53. The molecule has 2 fully saturated rings. The predicted octanol–water partition coefficient (Wildman–Crippen LogP) is 1.43. The van der Waals surface area contributed by atoms with Crippen molar-refractivity contribution in [2.24, 2.45) is 4.99 Å². The molecule has 0 spiro atoms. The zero-order chi connectivity index (χ0) is 17.4. The average molecular weight is 338 g/mol. The maximum atomic E-state index is 11.8. The van der Waals surface area contributed by atoms with Gasteiger partial charge < -0.3 is 20.4 Å². The molecule has 0 unspecified atom stereocenters. The van der Waals surface area contributed by atoms with Crippen molar-refractivity contribution in [1.29, 1.82) is 0 Å². The van der Waals surface area contributed by atoms with E-state index in [1.165, 1.54) is 38.8 Å². The molecule has 6 heteroatoms. The fraction of sp³-hybridized carbons (Fsp3) is 0.889. The molecular formula is C18H35N5O. The first-order chi connectivity index (χ1) is 11.6. The summed E-state index contributed by atoms with van der Waals surface area (Å²) in [4.78, 5) is 20.5. The van der Waals surface area contributed by atoms with Gasteiger partial charge in [-0.25, -0.2) is 4.99 Å². The van der Waals surface area contributed by atoms with Crippen LogP contribution < -0.4 is 10.6 Å². The van der Waals surface area contributed by atoms with E-state index in [4.69, 9.17) is 0 Å². The topological polar surface area (TPSA) is 60.0 Å². The number of carbonyl (C=O) groups excluding carboxylic acids is 1. The highest BCUT2D eigenvalue weighted by atomic mass is 16.2. The van der Waals surface area contributed by atoms with Gasteiger partial charge in [-0.15, -0.1) is 0 Å². The second-order valence-electron chi connectivity index (χ2n) is 7.27. The molecule has 0 bridgehead atoms. The van der Waals surface area contributed by atoms with E-state index in [1.54, 1.807) is 19.0 Å². The minimum Gasteiger partial charge on any atom is -0.356 e. The summed E-state index contributed by atoms with van der Waals surface area (Å²) in [5, 5.41) is 6.87. The summed E-state index contributed by atoms with van der Waals surface area (Å²) in [5.74, 6) is 0.815. The van der Waals surface area contributed by atoms with E-state index < -0.39 is 0 Å². The second-order valence-corrected chi connectivity index (χ2v) is 7.27. The van der Waals surface area contributed by atoms with Gasteiger partial charge in [0.2, 0.25) is 5.91 Å². The van der Waals surface area contributed by atoms with Gasteiger partial charge in [0.1, 0.15) is 6.54 Å². The van der Waals surface area contributed by atoms with E-state index in [1.807, 2.05) is 0 Å². The first kappa shape index (κ1) is 19.0. The van der Waals surface area contributed by atoms with E-state index >= 15 is 0 Å². The summed E-state index contributed by atoms with van der Waals surface area (Å²) in [6, 6.07) is 1.29. The number of guanidine groups is 1. The van der Waals surface area contributed by atoms with Gasteiger partial charge in [-0.2, -0.15) is 0 Å². The van der Waals surface area contributed by atoms with Crippen molar-refractivity contribution < 1.29 is 4.79 Å². The number of likely N-dealkylation sites (tertiary alicyclic amines) is 1. The lowest BCUT2D eigenvalue weighted by Gasteiger charge is -2.36. The van der Waals surface area contributed by atoms with Gasteiger partial charge in [0.15, 0.2) is 5.96 Å². The maximum absolute atomic E-state index is 11.8. The molecule has 1 saturated carbocycles. The molecule has 1 heterocycles. The first-order valence-corrected chi connectivity index (χ1v) is 9.59. The van der Waals surface area contributed by atoms with E-state index in [2.05, 4.69) is 27.4 Å². The summed E-state index contributed by atoms with van der Waals surface area (Å²) in [6.45, 7) is 5.57. The van der Waals surface area contributed by atoms with Crippen LogP contribution in [-0.2, 0) is 4.79 Å². The van der Waals surface area contributed by atoms with Crippen molar-refractivity contribution >= 4 is 11.9 Å². The van der Waals surface area contributed by atoms with Crippen molar-refractivity contribution in [3.05, 3.63) is 0 Å². The lowest BCUT2D eigenvalue weighted by molar-refractivity contribution is -0.127. The second kappa shape index (κ2) is 9.87. The number of aliphatic imine (C=N–C) groups is 1. The molecule has 0 radical (unpaired) electrons. The highest BCUT2D eigenvalue weighted by Crippen LogP contribution is 2.26. The summed E-state index contributed by atoms with van der Waals surface area (Å²) in [5.41, 5.74) is 0. The molecule has 2 rings (SSSR count). The van der Waals surface area contributed by atoms with Gasteiger partial charge in [-0.05, 0) is 32.1 Å². The SMILES string of the molecule is CCCNC(=NCC(=O)N(C)C)NC1CCN(C2CCCC2)CC1. The largest absolute Gasteiger partial charge is 0.356 e. The molecule has 6 nitrogen and oxygen atoms in total. The van der Waals surface area contributed by atoms with Crippen molar-refractivity contribution in [3.63, 3.8) is 0 Å². The molecule has 1 saturated heterocycles. The number of amides is 1. The Morgan fingerprint density at radius 3 is 2.42 bits per heavy atom. The minimum atomic E-state index is 0.0312. The molecule has 24 heavy (non-hydrogen) atoms. The van der Waals surface area contributed by atoms with E-state index in [9.17, 15) is 4.79 Å². The fourth-order valence-electron chi connectivity index (χ4n) is 3.56. The first-order valence-electron chi connectivity index (χ1n) is 9.59. The van der Waals surface area contributed by atoms with Gasteiger partial charge >= 0.3 is 0 Å². The summed E-state index contributed by atoms with van der Waals surface area (Å²) >= 11 is 0. The quantitative estimate of drug-likeness (QED) is 0.569. The van der Waals surface area contributed by atoms with Crippen LogP contribution >= 0.6 is 0 Å². The molecular weight excluding hydrogens is 302 g/mol. The third kappa shape index (κ3) is 5.96. The normalized spacial score (nSPS) is 21.0. The Morgan fingerprint density at radius 1 is 1.17 bits per heavy atom. The molecule has 0 aromatic heterocycles. The van der Waals surface area contributed by atoms with E-state index in [0.29, 0.717) is 6.04 Å². The summed E-state index contributed by atoms with van der Waals surface area (Å²) < 4.78 is 0. The van der Waals surface area contributed by atoms with Crippen LogP contribution in [0.2, 0.25) is 0 Å². The summed E-state index contributed by atoms with van der Waals surface area (Å²) in [6.07, 6.45) is 8.93. The van der Waals surface area contributed by atoms with Gasteiger partial charge in [0.25, 0.3) is 0 Å². The van der Waals surface area contributed by atoms with Gasteiger partial charge in [0, 0.05) is 45.8 Å². The molecule has 0 aromatic carbocycles. The predicted molar refractivity (Wildman–Crippen MR) is 99.3 cm³/mol. The molecule has 1 aliphatic carbocycles. The highest BCUT2D eigenvalue weighted by Gasteiger charge is 2.27. The van der Waals surface area contributed by atoms with Crippen LogP contribution in [-0.4, -0.2) is 74.0 Å². The minimum absolute atomic E-state index is 0.0312. The Morgan fingerprint density at radius 2 is 1.83 bits per heavy atom. The highest BCUT2D eigenvalue weighted by molar-refractivity contribution is 5.84. The number of hydrogen-bond acceptors (Lipinski definition) is 3. The Balaban J connectivity index is 1.80. The lowest BCUT2D eigenvalue weighted by Crippen LogP contribution is -2.50. The molecule has 2 N–H and O–H groups in total. The van der Waals surface area contributed by atoms with Crippen LogP contribution in [0.3, 0.4) is 0 Å². The Bertz CT molecular complexity index is 410. The average Bonchev–Trinajstić information content (AvgIpc) is 3.12. The molecule has 1 aliphatic heterocycles. The van der Waals surface area contributed by atoms with Crippen LogP contribution in [0.5, 0.6) is 0 Å². The third-order valence-corrected chi connectivity index (χ3v) is 5.13. The van der Waals surface area contributed by atoms with Crippen LogP contribution in [0.1, 0.15) is 51.9 Å². The van der Waals surface area contributed by atoms with Crippen LogP contribution in [0.4, 0.5) is 0 Å². The number of rotatable bonds is 6. The Labute approximate surface area is 147 Å². The van der Waals surface area contributed by atoms with Crippen molar-refractivity contribution in [1.82, 2.24) is 20.4 Å². The lowest BCUT2D eigenvalue weighted by atomic mass is 10.0. The smallest absolute Gasteiger partial charge is 0.243 e. The number of likely N-dealkylation sites (N-methyl/N-ethyl adjacent to an activating group) is 1. The molecule has 138 valence electrons. The third-order valence-electron chi connectivity index (χ3n) is 5.13. The number of hydrogen-bond donors (Lipinski definition) is 2. The number of nitrogens with one attached hydrogen (secondary N) is 2. The van der Waals surface area contributed by atoms with E-state index in [0.717, 1.165) is 37.8 Å². The zero-order valence-electron chi connectivity index (χ0n) is 15.7. The van der Waals surface area contributed by atoms with Gasteiger partial charge in [0.05, 0.1) is 0 Å². The molecule has 2 aliphatic rings. The number of carbonyl (C=O) groups is 1. The van der Waals surface area contributed by atoms with Crippen molar-refractivity contribution in [3.8, 4) is 0 Å². The van der Waals surface area contributed by atoms with Crippen LogP contribution in [0, 0.1) is 0 Å². The van der Waals surface area contributed by atoms with Crippen molar-refractivity contribution in [2.45, 2.75) is 64.0 Å². The molecule has 0 aromatic rings. The zero-order valence-corrected chi connectivity index (χ0v) is 15.7. The maximum Gasteiger partial charge on any atom is 0.243 e. The van der Waals surface area contributed by atoms with Crippen molar-refractivity contribution in [2.75, 3.05) is 40.3 Å².